The van der Waals surface area contributed by atoms with Crippen molar-refractivity contribution >= 4 is 11.8 Å². The highest BCUT2D eigenvalue weighted by Crippen LogP contribution is 2.38. The number of likely N-dealkylation sites (tertiary alicyclic amines) is 1. The molecular weight excluding hydrogens is 220 g/mol. The SMILES string of the molecule is CC(=O)NCCC(=O)N1CC2CCC(O)C2C1. The number of aliphatic hydroxyl groups is 1. The average Bonchev–Trinajstić information content (AvgIpc) is 2.81. The molecule has 1 saturated heterocycles. The van der Waals surface area contributed by atoms with Crippen LogP contribution in [0.15, 0.2) is 0 Å². The van der Waals surface area contributed by atoms with Gasteiger partial charge < -0.3 is 15.3 Å². The van der Waals surface area contributed by atoms with Crippen molar-refractivity contribution in [3.05, 3.63) is 0 Å². The number of hydrogen-bond acceptors (Lipinski definition) is 3. The first-order chi connectivity index (χ1) is 8.08. The van der Waals surface area contributed by atoms with Gasteiger partial charge in [-0.15, -0.1) is 0 Å². The minimum Gasteiger partial charge on any atom is -0.393 e. The Bertz CT molecular complexity index is 319. The van der Waals surface area contributed by atoms with Gasteiger partial charge in [0.2, 0.25) is 11.8 Å². The van der Waals surface area contributed by atoms with Gasteiger partial charge in [0, 0.05) is 38.9 Å². The lowest BCUT2D eigenvalue weighted by molar-refractivity contribution is -0.130. The zero-order valence-electron chi connectivity index (χ0n) is 10.2. The minimum atomic E-state index is -0.229. The van der Waals surface area contributed by atoms with Crippen molar-refractivity contribution in [2.75, 3.05) is 19.6 Å². The molecule has 1 saturated carbocycles. The molecule has 3 atom stereocenters. The molecule has 96 valence electrons. The number of carbonyl (C=O) groups is 2. The summed E-state index contributed by atoms with van der Waals surface area (Å²) >= 11 is 0. The standard InChI is InChI=1S/C12H20N2O3/c1-8(15)13-5-4-12(17)14-6-9-2-3-11(16)10(9)7-14/h9-11,16H,2-7H2,1H3,(H,13,15). The molecule has 2 rings (SSSR count). The summed E-state index contributed by atoms with van der Waals surface area (Å²) in [6.07, 6.45) is 2.04. The van der Waals surface area contributed by atoms with E-state index >= 15 is 0 Å². The van der Waals surface area contributed by atoms with Crippen molar-refractivity contribution in [2.45, 2.75) is 32.3 Å². The fraction of sp³-hybridized carbons (Fsp3) is 0.833. The molecule has 0 radical (unpaired) electrons. The van der Waals surface area contributed by atoms with Gasteiger partial charge in [-0.3, -0.25) is 9.59 Å². The first kappa shape index (κ1) is 12.4. The van der Waals surface area contributed by atoms with Gasteiger partial charge in [-0.25, -0.2) is 0 Å². The van der Waals surface area contributed by atoms with Crippen LogP contribution in [0.5, 0.6) is 0 Å². The van der Waals surface area contributed by atoms with Crippen molar-refractivity contribution in [3.8, 4) is 0 Å². The van der Waals surface area contributed by atoms with Gasteiger partial charge in [0.1, 0.15) is 0 Å². The maximum atomic E-state index is 11.9. The Balaban J connectivity index is 1.76. The number of nitrogens with zero attached hydrogens (tertiary/aromatic N) is 1. The monoisotopic (exact) mass is 240 g/mol. The molecule has 2 fully saturated rings. The molecule has 5 heteroatoms. The molecule has 1 aliphatic heterocycles. The quantitative estimate of drug-likeness (QED) is 0.714. The minimum absolute atomic E-state index is 0.0837. The van der Waals surface area contributed by atoms with Crippen LogP contribution in [0.1, 0.15) is 26.2 Å². The third-order valence-electron chi connectivity index (χ3n) is 3.88. The van der Waals surface area contributed by atoms with E-state index in [0.717, 1.165) is 19.4 Å². The van der Waals surface area contributed by atoms with Crippen LogP contribution >= 0.6 is 0 Å². The van der Waals surface area contributed by atoms with Gasteiger partial charge in [0.05, 0.1) is 6.10 Å². The van der Waals surface area contributed by atoms with Gasteiger partial charge in [-0.1, -0.05) is 0 Å². The third-order valence-corrected chi connectivity index (χ3v) is 3.88. The molecule has 0 bridgehead atoms. The number of hydrogen-bond donors (Lipinski definition) is 2. The lowest BCUT2D eigenvalue weighted by Gasteiger charge is -2.18. The van der Waals surface area contributed by atoms with E-state index < -0.39 is 0 Å². The fourth-order valence-electron chi connectivity index (χ4n) is 2.94. The molecule has 1 heterocycles. The van der Waals surface area contributed by atoms with Crippen LogP contribution in [0, 0.1) is 11.8 Å². The Kier molecular flexibility index (Phi) is 3.66. The van der Waals surface area contributed by atoms with Gasteiger partial charge in [-0.05, 0) is 18.8 Å². The van der Waals surface area contributed by atoms with Gasteiger partial charge in [0.15, 0.2) is 0 Å². The Morgan fingerprint density at radius 2 is 2.12 bits per heavy atom. The van der Waals surface area contributed by atoms with Gasteiger partial charge in [0.25, 0.3) is 0 Å². The first-order valence-corrected chi connectivity index (χ1v) is 6.28. The van der Waals surface area contributed by atoms with Crippen LogP contribution < -0.4 is 5.32 Å². The summed E-state index contributed by atoms with van der Waals surface area (Å²) < 4.78 is 0. The molecule has 0 aromatic rings. The maximum absolute atomic E-state index is 11.9. The van der Waals surface area contributed by atoms with Crippen LogP contribution in [0.4, 0.5) is 0 Å². The van der Waals surface area contributed by atoms with E-state index in [2.05, 4.69) is 5.32 Å². The number of nitrogens with one attached hydrogen (secondary N) is 1. The molecule has 2 N–H and O–H groups in total. The van der Waals surface area contributed by atoms with E-state index in [-0.39, 0.29) is 23.8 Å². The van der Waals surface area contributed by atoms with Crippen LogP contribution in [0.25, 0.3) is 0 Å². The topological polar surface area (TPSA) is 69.6 Å². The van der Waals surface area contributed by atoms with Gasteiger partial charge >= 0.3 is 0 Å². The molecule has 0 aromatic heterocycles. The summed E-state index contributed by atoms with van der Waals surface area (Å²) in [7, 11) is 0. The number of aliphatic hydroxyl groups excluding tert-OH is 1. The highest BCUT2D eigenvalue weighted by molar-refractivity contribution is 5.78. The van der Waals surface area contributed by atoms with Crippen molar-refractivity contribution in [1.82, 2.24) is 10.2 Å². The summed E-state index contributed by atoms with van der Waals surface area (Å²) in [5, 5.41) is 12.4. The smallest absolute Gasteiger partial charge is 0.224 e. The molecule has 0 aromatic carbocycles. The number of amides is 2. The van der Waals surface area contributed by atoms with Gasteiger partial charge in [-0.2, -0.15) is 0 Å². The van der Waals surface area contributed by atoms with E-state index in [9.17, 15) is 14.7 Å². The number of rotatable bonds is 3. The Labute approximate surface area is 101 Å². The second kappa shape index (κ2) is 5.04. The molecule has 2 amide bonds. The molecule has 2 aliphatic rings. The Hall–Kier alpha value is -1.10. The van der Waals surface area contributed by atoms with E-state index in [1.54, 1.807) is 0 Å². The highest BCUT2D eigenvalue weighted by Gasteiger charge is 2.42. The van der Waals surface area contributed by atoms with Crippen LogP contribution in [0.3, 0.4) is 0 Å². The average molecular weight is 240 g/mol. The maximum Gasteiger partial charge on any atom is 0.224 e. The lowest BCUT2D eigenvalue weighted by Crippen LogP contribution is -2.33. The molecular formula is C12H20N2O3. The summed E-state index contributed by atoms with van der Waals surface area (Å²) in [5.41, 5.74) is 0. The number of carbonyl (C=O) groups excluding carboxylic acids is 2. The largest absolute Gasteiger partial charge is 0.393 e. The van der Waals surface area contributed by atoms with E-state index in [0.29, 0.717) is 25.4 Å². The van der Waals surface area contributed by atoms with Crippen molar-refractivity contribution in [2.24, 2.45) is 11.8 Å². The highest BCUT2D eigenvalue weighted by atomic mass is 16.3. The molecule has 1 aliphatic carbocycles. The fourth-order valence-corrected chi connectivity index (χ4v) is 2.94. The zero-order chi connectivity index (χ0) is 12.4. The zero-order valence-corrected chi connectivity index (χ0v) is 10.2. The third kappa shape index (κ3) is 2.77. The summed E-state index contributed by atoms with van der Waals surface area (Å²) in [5.74, 6) is 0.737. The molecule has 3 unspecified atom stereocenters. The van der Waals surface area contributed by atoms with Crippen molar-refractivity contribution < 1.29 is 14.7 Å². The predicted molar refractivity (Wildman–Crippen MR) is 62.1 cm³/mol. The summed E-state index contributed by atoms with van der Waals surface area (Å²) in [6.45, 7) is 3.31. The van der Waals surface area contributed by atoms with Crippen LogP contribution in [0.2, 0.25) is 0 Å². The summed E-state index contributed by atoms with van der Waals surface area (Å²) in [6, 6.07) is 0. The molecule has 5 nitrogen and oxygen atoms in total. The Morgan fingerprint density at radius 1 is 1.35 bits per heavy atom. The molecule has 17 heavy (non-hydrogen) atoms. The Morgan fingerprint density at radius 3 is 2.76 bits per heavy atom. The summed E-state index contributed by atoms with van der Waals surface area (Å²) in [4.78, 5) is 24.4. The predicted octanol–water partition coefficient (Wildman–Crippen LogP) is -0.258. The second-order valence-corrected chi connectivity index (χ2v) is 5.10. The number of fused-ring (bicyclic) bond motifs is 1. The van der Waals surface area contributed by atoms with E-state index in [1.165, 1.54) is 6.92 Å². The second-order valence-electron chi connectivity index (χ2n) is 5.10. The van der Waals surface area contributed by atoms with Crippen molar-refractivity contribution in [1.29, 1.82) is 0 Å². The first-order valence-electron chi connectivity index (χ1n) is 6.28. The lowest BCUT2D eigenvalue weighted by atomic mass is 10.00. The van der Waals surface area contributed by atoms with Crippen molar-refractivity contribution in [3.63, 3.8) is 0 Å². The van der Waals surface area contributed by atoms with Crippen LogP contribution in [-0.2, 0) is 9.59 Å². The van der Waals surface area contributed by atoms with Crippen LogP contribution in [-0.4, -0.2) is 47.6 Å². The van der Waals surface area contributed by atoms with E-state index in [4.69, 9.17) is 0 Å². The molecule has 0 spiro atoms. The normalized spacial score (nSPS) is 31.4. The van der Waals surface area contributed by atoms with E-state index in [1.807, 2.05) is 4.90 Å².